The molecule has 6 nitrogen and oxygen atoms in total. The van der Waals surface area contributed by atoms with Crippen LogP contribution < -0.4 is 10.6 Å². The largest absolute Gasteiger partial charge is 0.372 e. The van der Waals surface area contributed by atoms with Gasteiger partial charge in [0.1, 0.15) is 5.82 Å². The molecular weight excluding hydrogens is 266 g/mol. The Morgan fingerprint density at radius 2 is 1.95 bits per heavy atom. The molecule has 3 rings (SSSR count). The van der Waals surface area contributed by atoms with E-state index in [1.807, 2.05) is 30.3 Å². The number of nitrogens with one attached hydrogen (secondary N) is 2. The maximum absolute atomic E-state index is 12.2. The van der Waals surface area contributed by atoms with Crippen LogP contribution in [0.15, 0.2) is 48.7 Å². The molecule has 0 aliphatic heterocycles. The molecule has 1 amide bonds. The predicted octanol–water partition coefficient (Wildman–Crippen LogP) is 2.32. The summed E-state index contributed by atoms with van der Waals surface area (Å²) in [5, 5.41) is 14.3. The molecule has 21 heavy (non-hydrogen) atoms. The van der Waals surface area contributed by atoms with Crippen molar-refractivity contribution < 1.29 is 4.79 Å². The smallest absolute Gasteiger partial charge is 0.276 e. The van der Waals surface area contributed by atoms with Crippen LogP contribution in [0.4, 0.5) is 11.5 Å². The van der Waals surface area contributed by atoms with Crippen LogP contribution in [0.3, 0.4) is 0 Å². The van der Waals surface area contributed by atoms with Crippen molar-refractivity contribution in [3.05, 3.63) is 54.4 Å². The molecule has 0 radical (unpaired) electrons. The van der Waals surface area contributed by atoms with Crippen molar-refractivity contribution in [1.82, 2.24) is 15.2 Å². The molecule has 0 fully saturated rings. The van der Waals surface area contributed by atoms with E-state index in [1.165, 1.54) is 0 Å². The first-order valence-corrected chi connectivity index (χ1v) is 6.44. The van der Waals surface area contributed by atoms with E-state index in [0.29, 0.717) is 11.5 Å². The van der Waals surface area contributed by atoms with E-state index in [0.717, 1.165) is 10.9 Å². The molecule has 104 valence electrons. The van der Waals surface area contributed by atoms with Crippen LogP contribution in [0.1, 0.15) is 10.5 Å². The Balaban J connectivity index is 1.89. The van der Waals surface area contributed by atoms with E-state index in [1.54, 1.807) is 25.4 Å². The molecule has 6 heteroatoms. The van der Waals surface area contributed by atoms with E-state index in [-0.39, 0.29) is 11.6 Å². The summed E-state index contributed by atoms with van der Waals surface area (Å²) in [5.41, 5.74) is 1.78. The Labute approximate surface area is 121 Å². The number of carbonyl (C=O) groups is 1. The number of aromatic nitrogens is 3. The Hall–Kier alpha value is -3.02. The third kappa shape index (κ3) is 2.64. The molecule has 1 aromatic carbocycles. The average Bonchev–Trinajstić information content (AvgIpc) is 2.55. The normalized spacial score (nSPS) is 10.3. The summed E-state index contributed by atoms with van der Waals surface area (Å²) in [7, 11) is 1.74. The molecule has 0 bridgehead atoms. The predicted molar refractivity (Wildman–Crippen MR) is 81.3 cm³/mol. The van der Waals surface area contributed by atoms with Gasteiger partial charge in [0.15, 0.2) is 5.69 Å². The van der Waals surface area contributed by atoms with Gasteiger partial charge in [-0.15, -0.1) is 10.2 Å². The van der Waals surface area contributed by atoms with Crippen molar-refractivity contribution in [3.8, 4) is 0 Å². The lowest BCUT2D eigenvalue weighted by atomic mass is 10.2. The molecule has 3 aromatic rings. The van der Waals surface area contributed by atoms with E-state index in [2.05, 4.69) is 25.8 Å². The highest BCUT2D eigenvalue weighted by Crippen LogP contribution is 2.21. The summed E-state index contributed by atoms with van der Waals surface area (Å²) in [6.07, 6.45) is 1.72. The number of fused-ring (bicyclic) bond motifs is 1. The van der Waals surface area contributed by atoms with Gasteiger partial charge in [0.2, 0.25) is 0 Å². The molecule has 0 saturated carbocycles. The standard InChI is InChI=1S/C15H13N5O/c1-16-14-8-7-13(19-20-14)15(21)18-12-6-2-5-11-10(12)4-3-9-17-11/h2-9H,1H3,(H,16,20)(H,18,21). The summed E-state index contributed by atoms with van der Waals surface area (Å²) in [6.45, 7) is 0. The molecule has 0 unspecified atom stereocenters. The van der Waals surface area contributed by atoms with Crippen molar-refractivity contribution in [2.24, 2.45) is 0 Å². The number of benzene rings is 1. The Morgan fingerprint density at radius 1 is 1.05 bits per heavy atom. The molecular formula is C15H13N5O. The maximum atomic E-state index is 12.2. The summed E-state index contributed by atoms with van der Waals surface area (Å²) in [5.74, 6) is 0.308. The van der Waals surface area contributed by atoms with E-state index >= 15 is 0 Å². The number of hydrogen-bond donors (Lipinski definition) is 2. The zero-order chi connectivity index (χ0) is 14.7. The number of nitrogens with zero attached hydrogens (tertiary/aromatic N) is 3. The van der Waals surface area contributed by atoms with E-state index in [9.17, 15) is 4.79 Å². The highest BCUT2D eigenvalue weighted by molar-refractivity contribution is 6.07. The highest BCUT2D eigenvalue weighted by atomic mass is 16.1. The first kappa shape index (κ1) is 13.0. The number of anilines is 2. The molecule has 2 heterocycles. The van der Waals surface area contributed by atoms with Crippen molar-refractivity contribution in [1.29, 1.82) is 0 Å². The van der Waals surface area contributed by atoms with Crippen LogP contribution in [-0.4, -0.2) is 28.1 Å². The number of amides is 1. The van der Waals surface area contributed by atoms with Crippen LogP contribution in [0.25, 0.3) is 10.9 Å². The second-order valence-electron chi connectivity index (χ2n) is 4.38. The van der Waals surface area contributed by atoms with Gasteiger partial charge in [-0.05, 0) is 36.4 Å². The zero-order valence-corrected chi connectivity index (χ0v) is 11.4. The number of pyridine rings is 1. The van der Waals surface area contributed by atoms with E-state index < -0.39 is 0 Å². The lowest BCUT2D eigenvalue weighted by molar-refractivity contribution is 0.102. The van der Waals surface area contributed by atoms with Gasteiger partial charge in [0, 0.05) is 18.6 Å². The Bertz CT molecular complexity index is 780. The Morgan fingerprint density at radius 3 is 2.71 bits per heavy atom. The van der Waals surface area contributed by atoms with Gasteiger partial charge in [-0.2, -0.15) is 0 Å². The van der Waals surface area contributed by atoms with Crippen molar-refractivity contribution in [2.75, 3.05) is 17.7 Å². The summed E-state index contributed by atoms with van der Waals surface area (Å²) < 4.78 is 0. The maximum Gasteiger partial charge on any atom is 0.276 e. The lowest BCUT2D eigenvalue weighted by Gasteiger charge is -2.07. The third-order valence-corrected chi connectivity index (χ3v) is 3.05. The SMILES string of the molecule is CNc1ccc(C(=O)Nc2cccc3ncccc23)nn1. The number of carbonyl (C=O) groups excluding carboxylic acids is 1. The van der Waals surface area contributed by atoms with Gasteiger partial charge >= 0.3 is 0 Å². The van der Waals surface area contributed by atoms with Crippen LogP contribution in [-0.2, 0) is 0 Å². The monoisotopic (exact) mass is 279 g/mol. The molecule has 0 spiro atoms. The van der Waals surface area contributed by atoms with Crippen LogP contribution >= 0.6 is 0 Å². The van der Waals surface area contributed by atoms with Gasteiger partial charge < -0.3 is 10.6 Å². The second-order valence-corrected chi connectivity index (χ2v) is 4.38. The van der Waals surface area contributed by atoms with E-state index in [4.69, 9.17) is 0 Å². The fraction of sp³-hybridized carbons (Fsp3) is 0.0667. The fourth-order valence-corrected chi connectivity index (χ4v) is 1.99. The summed E-state index contributed by atoms with van der Waals surface area (Å²) >= 11 is 0. The quantitative estimate of drug-likeness (QED) is 0.769. The number of rotatable bonds is 3. The van der Waals surface area contributed by atoms with Crippen LogP contribution in [0, 0.1) is 0 Å². The molecule has 2 N–H and O–H groups in total. The van der Waals surface area contributed by atoms with Crippen LogP contribution in [0.5, 0.6) is 0 Å². The van der Waals surface area contributed by atoms with Crippen molar-refractivity contribution in [2.45, 2.75) is 0 Å². The third-order valence-electron chi connectivity index (χ3n) is 3.05. The van der Waals surface area contributed by atoms with Gasteiger partial charge in [-0.25, -0.2) is 0 Å². The van der Waals surface area contributed by atoms with Crippen molar-refractivity contribution in [3.63, 3.8) is 0 Å². The van der Waals surface area contributed by atoms with Crippen molar-refractivity contribution >= 4 is 28.3 Å². The topological polar surface area (TPSA) is 79.8 Å². The lowest BCUT2D eigenvalue weighted by Crippen LogP contribution is -2.14. The number of hydrogen-bond acceptors (Lipinski definition) is 5. The summed E-state index contributed by atoms with van der Waals surface area (Å²) in [4.78, 5) is 16.5. The summed E-state index contributed by atoms with van der Waals surface area (Å²) in [6, 6.07) is 12.6. The first-order chi connectivity index (χ1) is 10.3. The molecule has 0 aliphatic rings. The average molecular weight is 279 g/mol. The minimum atomic E-state index is -0.304. The second kappa shape index (κ2) is 5.54. The minimum Gasteiger partial charge on any atom is -0.372 e. The van der Waals surface area contributed by atoms with Gasteiger partial charge in [-0.3, -0.25) is 9.78 Å². The first-order valence-electron chi connectivity index (χ1n) is 6.44. The minimum absolute atomic E-state index is 0.259. The molecule has 0 aliphatic carbocycles. The highest BCUT2D eigenvalue weighted by Gasteiger charge is 2.10. The molecule has 2 aromatic heterocycles. The van der Waals surface area contributed by atoms with Crippen LogP contribution in [0.2, 0.25) is 0 Å². The Kier molecular flexibility index (Phi) is 3.42. The van der Waals surface area contributed by atoms with Gasteiger partial charge in [-0.1, -0.05) is 6.07 Å². The molecule has 0 saturated heterocycles. The zero-order valence-electron chi connectivity index (χ0n) is 11.4. The molecule has 0 atom stereocenters. The van der Waals surface area contributed by atoms with Gasteiger partial charge in [0.05, 0.1) is 11.2 Å². The van der Waals surface area contributed by atoms with Gasteiger partial charge in [0.25, 0.3) is 5.91 Å². The fourth-order valence-electron chi connectivity index (χ4n) is 1.99.